The van der Waals surface area contributed by atoms with Gasteiger partial charge in [0, 0.05) is 13.3 Å². The fraction of sp³-hybridized carbons (Fsp3) is 0.263. The Morgan fingerprint density at radius 1 is 1.08 bits per heavy atom. The summed E-state index contributed by atoms with van der Waals surface area (Å²) < 4.78 is 10.7. The molecular weight excluding hydrogens is 375 g/mol. The van der Waals surface area contributed by atoms with E-state index < -0.39 is 0 Å². The lowest BCUT2D eigenvalue weighted by molar-refractivity contribution is -0.130. The van der Waals surface area contributed by atoms with Crippen molar-refractivity contribution in [2.45, 2.75) is 19.4 Å². The quantitative estimate of drug-likeness (QED) is 0.756. The van der Waals surface area contributed by atoms with Gasteiger partial charge in [-0.1, -0.05) is 35.3 Å². The van der Waals surface area contributed by atoms with Crippen LogP contribution in [0.2, 0.25) is 10.0 Å². The Labute approximate surface area is 162 Å². The van der Waals surface area contributed by atoms with Gasteiger partial charge in [0.15, 0.2) is 11.5 Å². The molecule has 7 heteroatoms. The van der Waals surface area contributed by atoms with Crippen LogP contribution in [0.5, 0.6) is 11.5 Å². The Kier molecular flexibility index (Phi) is 5.39. The number of amides is 1. The fourth-order valence-electron chi connectivity index (χ4n) is 2.97. The molecule has 3 rings (SSSR count). The van der Waals surface area contributed by atoms with Gasteiger partial charge >= 0.3 is 0 Å². The van der Waals surface area contributed by atoms with Crippen molar-refractivity contribution in [1.29, 1.82) is 0 Å². The normalized spacial score (nSPS) is 16.4. The van der Waals surface area contributed by atoms with E-state index in [1.165, 1.54) is 11.9 Å². The summed E-state index contributed by atoms with van der Waals surface area (Å²) in [5.74, 6) is 1.10. The number of ether oxygens (including phenoxy) is 2. The van der Waals surface area contributed by atoms with E-state index in [2.05, 4.69) is 5.10 Å². The summed E-state index contributed by atoms with van der Waals surface area (Å²) in [6.07, 6.45) is 0.563. The highest BCUT2D eigenvalue weighted by Crippen LogP contribution is 2.37. The molecule has 0 saturated heterocycles. The monoisotopic (exact) mass is 392 g/mol. The third kappa shape index (κ3) is 3.50. The number of hydrazone groups is 1. The molecule has 1 heterocycles. The summed E-state index contributed by atoms with van der Waals surface area (Å²) in [6.45, 7) is 1.50. The second kappa shape index (κ2) is 7.56. The molecule has 1 atom stereocenters. The van der Waals surface area contributed by atoms with Crippen LogP contribution in [0.4, 0.5) is 0 Å². The molecule has 1 aliphatic rings. The molecule has 1 unspecified atom stereocenters. The maximum absolute atomic E-state index is 12.1. The number of carbonyl (C=O) groups is 1. The molecule has 2 aromatic carbocycles. The van der Waals surface area contributed by atoms with Crippen LogP contribution in [0.1, 0.15) is 30.5 Å². The maximum Gasteiger partial charge on any atom is 0.240 e. The van der Waals surface area contributed by atoms with Crippen LogP contribution in [0, 0.1) is 0 Å². The fourth-order valence-corrected chi connectivity index (χ4v) is 3.27. The first-order valence-electron chi connectivity index (χ1n) is 7.99. The minimum absolute atomic E-state index is 0.139. The molecule has 1 aliphatic heterocycles. The average Bonchev–Trinajstić information content (AvgIpc) is 3.09. The Morgan fingerprint density at radius 2 is 1.81 bits per heavy atom. The predicted octanol–water partition coefficient (Wildman–Crippen LogP) is 4.71. The number of halogens is 2. The van der Waals surface area contributed by atoms with Crippen LogP contribution in [-0.2, 0) is 4.79 Å². The highest BCUT2D eigenvalue weighted by atomic mass is 35.5. The summed E-state index contributed by atoms with van der Waals surface area (Å²) in [5, 5.41) is 6.93. The zero-order valence-electron chi connectivity index (χ0n) is 14.6. The lowest BCUT2D eigenvalue weighted by Gasteiger charge is -2.21. The van der Waals surface area contributed by atoms with Crippen LogP contribution in [-0.4, -0.2) is 30.8 Å². The number of hydrogen-bond donors (Lipinski definition) is 0. The number of methoxy groups -OCH3 is 2. The largest absolute Gasteiger partial charge is 0.493 e. The van der Waals surface area contributed by atoms with E-state index in [4.69, 9.17) is 32.7 Å². The molecule has 0 N–H and O–H groups in total. The van der Waals surface area contributed by atoms with E-state index >= 15 is 0 Å². The third-order valence-electron chi connectivity index (χ3n) is 4.28. The highest BCUT2D eigenvalue weighted by molar-refractivity contribution is 6.42. The number of nitrogens with zero attached hydrogens (tertiary/aromatic N) is 2. The van der Waals surface area contributed by atoms with E-state index in [1.807, 2.05) is 24.3 Å². The number of rotatable bonds is 4. The van der Waals surface area contributed by atoms with Crippen molar-refractivity contribution >= 4 is 34.8 Å². The van der Waals surface area contributed by atoms with Gasteiger partial charge in [-0.05, 0) is 35.4 Å². The summed E-state index contributed by atoms with van der Waals surface area (Å²) in [6, 6.07) is 10.7. The van der Waals surface area contributed by atoms with Crippen molar-refractivity contribution in [1.82, 2.24) is 5.01 Å². The van der Waals surface area contributed by atoms with Gasteiger partial charge in [-0.3, -0.25) is 4.79 Å². The summed E-state index contributed by atoms with van der Waals surface area (Å²) in [7, 11) is 3.16. The van der Waals surface area contributed by atoms with Crippen LogP contribution >= 0.6 is 23.2 Å². The Balaban J connectivity index is 1.96. The maximum atomic E-state index is 12.1. The molecule has 136 valence electrons. The molecule has 26 heavy (non-hydrogen) atoms. The lowest BCUT2D eigenvalue weighted by atomic mass is 9.98. The van der Waals surface area contributed by atoms with Crippen molar-refractivity contribution < 1.29 is 14.3 Å². The second-order valence-electron chi connectivity index (χ2n) is 5.87. The molecule has 0 bridgehead atoms. The van der Waals surface area contributed by atoms with Crippen LogP contribution in [0.25, 0.3) is 0 Å². The third-order valence-corrected chi connectivity index (χ3v) is 5.02. The van der Waals surface area contributed by atoms with Gasteiger partial charge in [0.05, 0.1) is 36.0 Å². The van der Waals surface area contributed by atoms with Crippen molar-refractivity contribution in [3.05, 3.63) is 57.6 Å². The van der Waals surface area contributed by atoms with Gasteiger partial charge in [0.1, 0.15) is 0 Å². The summed E-state index contributed by atoms with van der Waals surface area (Å²) in [4.78, 5) is 12.1. The van der Waals surface area contributed by atoms with Crippen molar-refractivity contribution in [3.63, 3.8) is 0 Å². The zero-order valence-corrected chi connectivity index (χ0v) is 16.1. The predicted molar refractivity (Wildman–Crippen MR) is 102 cm³/mol. The SMILES string of the molecule is COc1ccc(C2CC(c3ccc(Cl)c(Cl)c3)=NN2C(C)=O)cc1OC. The molecule has 0 saturated carbocycles. The average molecular weight is 393 g/mol. The Morgan fingerprint density at radius 3 is 2.42 bits per heavy atom. The first kappa shape index (κ1) is 18.5. The van der Waals surface area contributed by atoms with Gasteiger partial charge in [0.25, 0.3) is 0 Å². The van der Waals surface area contributed by atoms with Crippen molar-refractivity contribution in [2.24, 2.45) is 5.10 Å². The number of hydrogen-bond acceptors (Lipinski definition) is 4. The van der Waals surface area contributed by atoms with Gasteiger partial charge in [0.2, 0.25) is 5.91 Å². The van der Waals surface area contributed by atoms with E-state index in [0.29, 0.717) is 28.0 Å². The molecule has 1 amide bonds. The highest BCUT2D eigenvalue weighted by Gasteiger charge is 2.32. The first-order chi connectivity index (χ1) is 12.4. The van der Waals surface area contributed by atoms with Crippen molar-refractivity contribution in [2.75, 3.05) is 14.2 Å². The minimum atomic E-state index is -0.225. The Hall–Kier alpha value is -2.24. The topological polar surface area (TPSA) is 51.1 Å². The van der Waals surface area contributed by atoms with Gasteiger partial charge in [-0.15, -0.1) is 0 Å². The van der Waals surface area contributed by atoms with E-state index in [9.17, 15) is 4.79 Å². The number of benzene rings is 2. The standard InChI is InChI=1S/C19H18Cl2N2O3/c1-11(24)23-17(13-5-7-18(25-2)19(9-13)26-3)10-16(22-23)12-4-6-14(20)15(21)8-12/h4-9,17H,10H2,1-3H3. The van der Waals surface area contributed by atoms with Crippen LogP contribution in [0.15, 0.2) is 41.5 Å². The molecule has 0 aromatic heterocycles. The van der Waals surface area contributed by atoms with E-state index in [1.54, 1.807) is 26.4 Å². The molecule has 0 fully saturated rings. The van der Waals surface area contributed by atoms with Gasteiger partial charge in [-0.25, -0.2) is 5.01 Å². The van der Waals surface area contributed by atoms with Crippen LogP contribution < -0.4 is 9.47 Å². The number of carbonyl (C=O) groups excluding carboxylic acids is 1. The van der Waals surface area contributed by atoms with E-state index in [-0.39, 0.29) is 11.9 Å². The minimum Gasteiger partial charge on any atom is -0.493 e. The van der Waals surface area contributed by atoms with Crippen molar-refractivity contribution in [3.8, 4) is 11.5 Å². The first-order valence-corrected chi connectivity index (χ1v) is 8.74. The lowest BCUT2D eigenvalue weighted by Crippen LogP contribution is -2.24. The summed E-state index contributed by atoms with van der Waals surface area (Å²) in [5.41, 5.74) is 2.53. The van der Waals surface area contributed by atoms with E-state index in [0.717, 1.165) is 16.8 Å². The molecule has 2 aromatic rings. The van der Waals surface area contributed by atoms with Gasteiger partial charge in [-0.2, -0.15) is 5.10 Å². The smallest absolute Gasteiger partial charge is 0.240 e. The molecule has 0 aliphatic carbocycles. The Bertz CT molecular complexity index is 883. The molecule has 0 radical (unpaired) electrons. The molecular formula is C19H18Cl2N2O3. The second-order valence-corrected chi connectivity index (χ2v) is 6.69. The molecule has 5 nitrogen and oxygen atoms in total. The summed E-state index contributed by atoms with van der Waals surface area (Å²) >= 11 is 12.1. The molecule has 0 spiro atoms. The van der Waals surface area contributed by atoms with Gasteiger partial charge < -0.3 is 9.47 Å². The zero-order chi connectivity index (χ0) is 18.8. The van der Waals surface area contributed by atoms with Crippen LogP contribution in [0.3, 0.4) is 0 Å².